The third-order valence-electron chi connectivity index (χ3n) is 5.32. The predicted molar refractivity (Wildman–Crippen MR) is 136 cm³/mol. The van der Waals surface area contributed by atoms with Gasteiger partial charge in [0.1, 0.15) is 10.2 Å². The van der Waals surface area contributed by atoms with Crippen LogP contribution in [0.15, 0.2) is 54.6 Å². The number of hydrogen-bond acceptors (Lipinski definition) is 3. The zero-order chi connectivity index (χ0) is 24.8. The number of nitrogen functional groups attached to an aromatic ring is 1. The third-order valence-corrected chi connectivity index (χ3v) is 7.03. The molecule has 3 aromatic rings. The molecule has 4 N–H and O–H groups in total. The number of rotatable bonds is 5. The fraction of sp³-hybridized carbons (Fsp3) is 0.130. The molecule has 176 valence electrons. The van der Waals surface area contributed by atoms with Crippen LogP contribution >= 0.6 is 58.0 Å². The fourth-order valence-electron chi connectivity index (χ4n) is 3.66. The van der Waals surface area contributed by atoms with Crippen LogP contribution in [0.1, 0.15) is 21.8 Å². The minimum atomic E-state index is -1.36. The molecule has 1 saturated carbocycles. The van der Waals surface area contributed by atoms with Crippen LogP contribution in [0.25, 0.3) is 0 Å². The van der Waals surface area contributed by atoms with Crippen molar-refractivity contribution in [2.24, 2.45) is 5.92 Å². The van der Waals surface area contributed by atoms with E-state index >= 15 is 0 Å². The molecule has 11 heteroatoms. The molecule has 34 heavy (non-hydrogen) atoms. The van der Waals surface area contributed by atoms with E-state index in [1.807, 2.05) is 0 Å². The Morgan fingerprint density at radius 3 is 2.24 bits per heavy atom. The zero-order valence-electron chi connectivity index (χ0n) is 17.0. The van der Waals surface area contributed by atoms with E-state index in [-0.39, 0.29) is 22.0 Å². The van der Waals surface area contributed by atoms with E-state index in [9.17, 15) is 14.0 Å². The van der Waals surface area contributed by atoms with Gasteiger partial charge >= 0.3 is 0 Å². The predicted octanol–water partition coefficient (Wildman–Crippen LogP) is 7.15. The van der Waals surface area contributed by atoms with E-state index in [2.05, 4.69) is 10.6 Å². The molecular weight excluding hydrogens is 547 g/mol. The number of alkyl halides is 2. The number of nitrogens with one attached hydrogen (secondary N) is 2. The Morgan fingerprint density at radius 2 is 1.59 bits per heavy atom. The lowest BCUT2D eigenvalue weighted by Crippen LogP contribution is -2.18. The van der Waals surface area contributed by atoms with Gasteiger partial charge in [-0.15, -0.1) is 23.2 Å². The molecule has 0 aromatic heterocycles. The lowest BCUT2D eigenvalue weighted by Gasteiger charge is -2.11. The van der Waals surface area contributed by atoms with Crippen LogP contribution in [0.4, 0.5) is 21.5 Å². The van der Waals surface area contributed by atoms with Gasteiger partial charge in [-0.05, 0) is 60.2 Å². The summed E-state index contributed by atoms with van der Waals surface area (Å²) in [6, 6.07) is 12.8. The second kappa shape index (κ2) is 9.44. The molecule has 0 aliphatic heterocycles. The highest BCUT2D eigenvalue weighted by atomic mass is 35.5. The van der Waals surface area contributed by atoms with E-state index in [0.717, 1.165) is 12.1 Å². The Morgan fingerprint density at radius 1 is 0.912 bits per heavy atom. The lowest BCUT2D eigenvalue weighted by atomic mass is 10.1. The second-order valence-corrected chi connectivity index (χ2v) is 10.4. The maximum atomic E-state index is 13.3. The van der Waals surface area contributed by atoms with Crippen molar-refractivity contribution in [3.63, 3.8) is 0 Å². The van der Waals surface area contributed by atoms with E-state index in [0.29, 0.717) is 21.3 Å². The van der Waals surface area contributed by atoms with Crippen LogP contribution in [0.2, 0.25) is 15.1 Å². The summed E-state index contributed by atoms with van der Waals surface area (Å²) < 4.78 is 11.9. The van der Waals surface area contributed by atoms with Gasteiger partial charge in [-0.25, -0.2) is 4.39 Å². The molecule has 0 radical (unpaired) electrons. The first-order valence-corrected chi connectivity index (χ1v) is 11.7. The first-order chi connectivity index (χ1) is 16.0. The minimum Gasteiger partial charge on any atom is -0.397 e. The number of carbonyl (C=O) groups is 2. The molecule has 5 nitrogen and oxygen atoms in total. The molecule has 4 rings (SSSR count). The van der Waals surface area contributed by atoms with E-state index < -0.39 is 33.8 Å². The summed E-state index contributed by atoms with van der Waals surface area (Å²) in [7, 11) is 0. The second-order valence-electron chi connectivity index (χ2n) is 7.70. The minimum absolute atomic E-state index is 0.0513. The Labute approximate surface area is 219 Å². The quantitative estimate of drug-likeness (QED) is 0.229. The van der Waals surface area contributed by atoms with Gasteiger partial charge in [0, 0.05) is 21.7 Å². The van der Waals surface area contributed by atoms with E-state index in [4.69, 9.17) is 63.7 Å². The maximum Gasteiger partial charge on any atom is 0.257 e. The summed E-state index contributed by atoms with van der Waals surface area (Å²) in [5.41, 5.74) is 7.01. The molecule has 0 heterocycles. The Hall–Kier alpha value is -2.22. The van der Waals surface area contributed by atoms with Crippen LogP contribution in [0.5, 0.6) is 0 Å². The van der Waals surface area contributed by atoms with Crippen LogP contribution in [0.3, 0.4) is 0 Å². The highest BCUT2D eigenvalue weighted by Gasteiger charge is 2.67. The van der Waals surface area contributed by atoms with Gasteiger partial charge in [0.15, 0.2) is 0 Å². The number of nitrogens with two attached hydrogens (primary N) is 1. The van der Waals surface area contributed by atoms with Gasteiger partial charge in [-0.3, -0.25) is 9.59 Å². The number of hydrogen-bond donors (Lipinski definition) is 3. The number of amides is 2. The Kier molecular flexibility index (Phi) is 6.91. The Bertz CT molecular complexity index is 1300. The van der Waals surface area contributed by atoms with Crippen LogP contribution < -0.4 is 16.4 Å². The molecule has 0 unspecified atom stereocenters. The van der Waals surface area contributed by atoms with Crippen molar-refractivity contribution in [1.82, 2.24) is 0 Å². The summed E-state index contributed by atoms with van der Waals surface area (Å²) >= 11 is 31.1. The zero-order valence-corrected chi connectivity index (χ0v) is 20.8. The van der Waals surface area contributed by atoms with Crippen LogP contribution in [-0.2, 0) is 4.79 Å². The number of carbonyl (C=O) groups excluding carboxylic acids is 2. The number of halogens is 6. The molecule has 3 aromatic carbocycles. The van der Waals surface area contributed by atoms with Crippen molar-refractivity contribution in [2.45, 2.75) is 10.3 Å². The number of anilines is 3. The van der Waals surface area contributed by atoms with Crippen molar-refractivity contribution in [3.05, 3.63) is 86.6 Å². The van der Waals surface area contributed by atoms with Gasteiger partial charge in [-0.1, -0.05) is 34.8 Å². The third kappa shape index (κ3) is 5.07. The van der Waals surface area contributed by atoms with Gasteiger partial charge in [-0.2, -0.15) is 0 Å². The fourth-order valence-corrected chi connectivity index (χ4v) is 5.23. The topological polar surface area (TPSA) is 84.2 Å². The van der Waals surface area contributed by atoms with Gasteiger partial charge in [0.2, 0.25) is 5.91 Å². The lowest BCUT2D eigenvalue weighted by molar-refractivity contribution is -0.117. The Balaban J connectivity index is 1.52. The van der Waals surface area contributed by atoms with E-state index in [1.165, 1.54) is 24.3 Å². The standard InChI is InChI=1S/C23H15Cl5FN3O2/c24-11-5-10(6-12(25)7-11)19-20(23(19,27)28)22(34)31-14-2-3-16(26)15(9-14)21(33)32-18-4-1-13(29)8-17(18)30/h1-9,19-20H,30H2,(H,31,34)(H,32,33)/t19-,20+/m0/s1. The van der Waals surface area contributed by atoms with E-state index in [1.54, 1.807) is 18.2 Å². The van der Waals surface area contributed by atoms with Crippen LogP contribution in [0, 0.1) is 11.7 Å². The molecule has 0 saturated heterocycles. The van der Waals surface area contributed by atoms with Gasteiger partial charge in [0.05, 0.1) is 27.9 Å². The normalized spacial score (nSPS) is 18.3. The average molecular weight is 562 g/mol. The molecule has 1 aliphatic rings. The molecule has 2 amide bonds. The number of benzene rings is 3. The van der Waals surface area contributed by atoms with Gasteiger partial charge < -0.3 is 16.4 Å². The van der Waals surface area contributed by atoms with Crippen molar-refractivity contribution >= 4 is 86.9 Å². The van der Waals surface area contributed by atoms with Crippen molar-refractivity contribution in [2.75, 3.05) is 16.4 Å². The first kappa shape index (κ1) is 24.9. The molecule has 0 bridgehead atoms. The summed E-state index contributed by atoms with van der Waals surface area (Å²) in [5, 5.41) is 6.20. The molecule has 2 atom stereocenters. The summed E-state index contributed by atoms with van der Waals surface area (Å²) in [4.78, 5) is 25.7. The monoisotopic (exact) mass is 559 g/mol. The maximum absolute atomic E-state index is 13.3. The highest BCUT2D eigenvalue weighted by Crippen LogP contribution is 2.65. The largest absolute Gasteiger partial charge is 0.397 e. The van der Waals surface area contributed by atoms with Crippen LogP contribution in [-0.4, -0.2) is 16.1 Å². The highest BCUT2D eigenvalue weighted by molar-refractivity contribution is 6.53. The van der Waals surface area contributed by atoms with Crippen molar-refractivity contribution in [3.8, 4) is 0 Å². The molecule has 1 aliphatic carbocycles. The molecule has 0 spiro atoms. The van der Waals surface area contributed by atoms with Crippen molar-refractivity contribution in [1.29, 1.82) is 0 Å². The molecular formula is C23H15Cl5FN3O2. The SMILES string of the molecule is Nc1cc(F)ccc1NC(=O)c1cc(NC(=O)[C@H]2[C@H](c3cc(Cl)cc(Cl)c3)C2(Cl)Cl)ccc1Cl. The average Bonchev–Trinajstić information content (AvgIpc) is 3.33. The first-order valence-electron chi connectivity index (χ1n) is 9.78. The van der Waals surface area contributed by atoms with Crippen molar-refractivity contribution < 1.29 is 14.0 Å². The summed E-state index contributed by atoms with van der Waals surface area (Å²) in [5.74, 6) is -2.89. The van der Waals surface area contributed by atoms with Gasteiger partial charge in [0.25, 0.3) is 5.91 Å². The summed E-state index contributed by atoms with van der Waals surface area (Å²) in [6.07, 6.45) is 0. The molecule has 1 fully saturated rings. The summed E-state index contributed by atoms with van der Waals surface area (Å²) in [6.45, 7) is 0. The smallest absolute Gasteiger partial charge is 0.257 e.